The third kappa shape index (κ3) is 5.50. The maximum absolute atomic E-state index is 13.3. The molecule has 27 heavy (non-hydrogen) atoms. The van der Waals surface area contributed by atoms with Gasteiger partial charge in [-0.2, -0.15) is 0 Å². The van der Waals surface area contributed by atoms with Crippen LogP contribution in [0.15, 0.2) is 24.3 Å². The van der Waals surface area contributed by atoms with Crippen molar-refractivity contribution in [3.05, 3.63) is 29.8 Å². The van der Waals surface area contributed by atoms with Crippen LogP contribution < -0.4 is 10.1 Å². The van der Waals surface area contributed by atoms with Crippen LogP contribution in [0.5, 0.6) is 5.75 Å². The molecule has 0 aromatic heterocycles. The number of ether oxygens (including phenoxy) is 1. The summed E-state index contributed by atoms with van der Waals surface area (Å²) in [5, 5.41) is 3.44. The first-order valence-electron chi connectivity index (χ1n) is 9.50. The molecule has 1 N–H and O–H groups in total. The Morgan fingerprint density at radius 3 is 2.44 bits per heavy atom. The summed E-state index contributed by atoms with van der Waals surface area (Å²) < 4.78 is 5.54. The van der Waals surface area contributed by atoms with Gasteiger partial charge in [0.05, 0.1) is 13.2 Å². The van der Waals surface area contributed by atoms with E-state index in [9.17, 15) is 4.79 Å². The number of rotatable bonds is 4. The van der Waals surface area contributed by atoms with E-state index in [0.29, 0.717) is 11.9 Å². The number of piperidine rings is 1. The molecule has 1 unspecified atom stereocenters. The monoisotopic (exact) mass is 417 g/mol. The predicted molar refractivity (Wildman–Crippen MR) is 114 cm³/mol. The normalized spacial score (nSPS) is 21.3. The lowest BCUT2D eigenvalue weighted by molar-refractivity contribution is -0.140. The van der Waals surface area contributed by atoms with Crippen LogP contribution >= 0.6 is 24.8 Å². The van der Waals surface area contributed by atoms with Gasteiger partial charge in [-0.3, -0.25) is 4.79 Å². The number of benzene rings is 1. The molecule has 2 heterocycles. The van der Waals surface area contributed by atoms with Crippen LogP contribution in [0, 0.1) is 5.92 Å². The Balaban J connectivity index is 0.00000182. The van der Waals surface area contributed by atoms with E-state index in [1.54, 1.807) is 7.11 Å². The zero-order chi connectivity index (χ0) is 17.8. The molecule has 2 aliphatic rings. The van der Waals surface area contributed by atoms with E-state index in [1.807, 2.05) is 18.2 Å². The van der Waals surface area contributed by atoms with E-state index in [0.717, 1.165) is 56.9 Å². The predicted octanol–water partition coefficient (Wildman–Crippen LogP) is 3.13. The molecular weight excluding hydrogens is 385 g/mol. The van der Waals surface area contributed by atoms with Crippen LogP contribution in [0.25, 0.3) is 0 Å². The highest BCUT2D eigenvalue weighted by molar-refractivity contribution is 5.85. The Kier molecular flexibility index (Phi) is 9.88. The van der Waals surface area contributed by atoms with Crippen molar-refractivity contribution in [2.24, 2.45) is 5.92 Å². The van der Waals surface area contributed by atoms with E-state index in [4.69, 9.17) is 4.74 Å². The first-order chi connectivity index (χ1) is 12.1. The fourth-order valence-corrected chi connectivity index (χ4v) is 4.08. The van der Waals surface area contributed by atoms with Gasteiger partial charge in [0, 0.05) is 37.2 Å². The van der Waals surface area contributed by atoms with Crippen molar-refractivity contribution in [1.29, 1.82) is 0 Å². The van der Waals surface area contributed by atoms with Crippen molar-refractivity contribution in [3.8, 4) is 5.75 Å². The number of para-hydroxylation sites is 1. The average Bonchev–Trinajstić information content (AvgIpc) is 2.67. The molecule has 0 saturated carbocycles. The van der Waals surface area contributed by atoms with Gasteiger partial charge in [-0.15, -0.1) is 24.8 Å². The average molecular weight is 418 g/mol. The van der Waals surface area contributed by atoms with E-state index in [2.05, 4.69) is 35.0 Å². The van der Waals surface area contributed by atoms with Crippen molar-refractivity contribution in [1.82, 2.24) is 15.1 Å². The Labute approximate surface area is 175 Å². The van der Waals surface area contributed by atoms with Gasteiger partial charge in [0.1, 0.15) is 5.75 Å². The van der Waals surface area contributed by atoms with Crippen molar-refractivity contribution >= 4 is 30.7 Å². The van der Waals surface area contributed by atoms with Crippen LogP contribution in [-0.4, -0.2) is 61.6 Å². The van der Waals surface area contributed by atoms with E-state index in [-0.39, 0.29) is 36.8 Å². The van der Waals surface area contributed by atoms with Crippen molar-refractivity contribution in [2.75, 3.05) is 39.8 Å². The molecular formula is C20H33Cl2N3O2. The molecule has 2 aliphatic heterocycles. The van der Waals surface area contributed by atoms with Gasteiger partial charge in [-0.05, 0) is 45.8 Å². The highest BCUT2D eigenvalue weighted by atomic mass is 35.5. The zero-order valence-corrected chi connectivity index (χ0v) is 18.2. The molecule has 1 atom stereocenters. The minimum atomic E-state index is 0. The SMILES string of the molecule is COc1ccccc1C1CNCCN1C(=O)C1CCN(C(C)C)CC1.Cl.Cl. The first kappa shape index (κ1) is 24.0. The summed E-state index contributed by atoms with van der Waals surface area (Å²) in [6.45, 7) is 8.94. The second-order valence-corrected chi connectivity index (χ2v) is 7.40. The van der Waals surface area contributed by atoms with Gasteiger partial charge < -0.3 is 19.9 Å². The van der Waals surface area contributed by atoms with Gasteiger partial charge >= 0.3 is 0 Å². The van der Waals surface area contributed by atoms with Gasteiger partial charge in [0.25, 0.3) is 0 Å². The van der Waals surface area contributed by atoms with Crippen LogP contribution in [-0.2, 0) is 4.79 Å². The number of methoxy groups -OCH3 is 1. The number of likely N-dealkylation sites (tertiary alicyclic amines) is 1. The fourth-order valence-electron chi connectivity index (χ4n) is 4.08. The molecule has 1 aromatic rings. The van der Waals surface area contributed by atoms with Gasteiger partial charge in [-0.25, -0.2) is 0 Å². The van der Waals surface area contributed by atoms with E-state index >= 15 is 0 Å². The van der Waals surface area contributed by atoms with Crippen molar-refractivity contribution < 1.29 is 9.53 Å². The second-order valence-electron chi connectivity index (χ2n) is 7.40. The number of nitrogens with one attached hydrogen (secondary N) is 1. The Hall–Kier alpha value is -1.01. The Bertz CT molecular complexity index is 592. The van der Waals surface area contributed by atoms with Gasteiger partial charge in [0.2, 0.25) is 5.91 Å². The topological polar surface area (TPSA) is 44.8 Å². The lowest BCUT2D eigenvalue weighted by Gasteiger charge is -2.41. The number of amides is 1. The maximum Gasteiger partial charge on any atom is 0.226 e. The summed E-state index contributed by atoms with van der Waals surface area (Å²) in [4.78, 5) is 17.8. The highest BCUT2D eigenvalue weighted by Gasteiger charge is 2.35. The number of hydrogen-bond acceptors (Lipinski definition) is 4. The molecule has 2 saturated heterocycles. The minimum Gasteiger partial charge on any atom is -0.496 e. The summed E-state index contributed by atoms with van der Waals surface area (Å²) in [6, 6.07) is 8.69. The number of halogens is 2. The summed E-state index contributed by atoms with van der Waals surface area (Å²) >= 11 is 0. The highest BCUT2D eigenvalue weighted by Crippen LogP contribution is 2.32. The third-order valence-electron chi connectivity index (χ3n) is 5.63. The molecule has 2 fully saturated rings. The molecule has 0 radical (unpaired) electrons. The van der Waals surface area contributed by atoms with E-state index in [1.165, 1.54) is 0 Å². The standard InChI is InChI=1S/C20H31N3O2.2ClH/c1-15(2)22-11-8-16(9-12-22)20(24)23-13-10-21-14-18(23)17-6-4-5-7-19(17)25-3;;/h4-7,15-16,18,21H,8-14H2,1-3H3;2*1H. The zero-order valence-electron chi connectivity index (χ0n) is 16.5. The molecule has 3 rings (SSSR count). The smallest absolute Gasteiger partial charge is 0.226 e. The number of carbonyl (C=O) groups is 1. The lowest BCUT2D eigenvalue weighted by atomic mass is 9.92. The molecule has 7 heteroatoms. The Morgan fingerprint density at radius 2 is 1.81 bits per heavy atom. The van der Waals surface area contributed by atoms with Gasteiger partial charge in [-0.1, -0.05) is 18.2 Å². The summed E-state index contributed by atoms with van der Waals surface area (Å²) in [5.74, 6) is 1.34. The lowest BCUT2D eigenvalue weighted by Crippen LogP contribution is -2.52. The second kappa shape index (κ2) is 11.1. The van der Waals surface area contributed by atoms with Crippen molar-refractivity contribution in [3.63, 3.8) is 0 Å². The number of hydrogen-bond donors (Lipinski definition) is 1. The van der Waals surface area contributed by atoms with E-state index < -0.39 is 0 Å². The molecule has 1 amide bonds. The van der Waals surface area contributed by atoms with Crippen LogP contribution in [0.4, 0.5) is 0 Å². The van der Waals surface area contributed by atoms with Crippen LogP contribution in [0.1, 0.15) is 38.3 Å². The molecule has 0 bridgehead atoms. The fraction of sp³-hybridized carbons (Fsp3) is 0.650. The quantitative estimate of drug-likeness (QED) is 0.816. The molecule has 1 aromatic carbocycles. The maximum atomic E-state index is 13.3. The summed E-state index contributed by atoms with van der Waals surface area (Å²) in [6.07, 6.45) is 1.94. The van der Waals surface area contributed by atoms with Crippen molar-refractivity contribution in [2.45, 2.75) is 38.8 Å². The van der Waals surface area contributed by atoms with Crippen LogP contribution in [0.2, 0.25) is 0 Å². The molecule has 0 aliphatic carbocycles. The molecule has 5 nitrogen and oxygen atoms in total. The number of carbonyl (C=O) groups excluding carboxylic acids is 1. The molecule has 154 valence electrons. The Morgan fingerprint density at radius 1 is 1.15 bits per heavy atom. The minimum absolute atomic E-state index is 0. The largest absolute Gasteiger partial charge is 0.496 e. The van der Waals surface area contributed by atoms with Gasteiger partial charge in [0.15, 0.2) is 0 Å². The third-order valence-corrected chi connectivity index (χ3v) is 5.63. The summed E-state index contributed by atoms with van der Waals surface area (Å²) in [7, 11) is 1.70. The summed E-state index contributed by atoms with van der Waals surface area (Å²) in [5.41, 5.74) is 1.10. The molecule has 0 spiro atoms. The number of nitrogens with zero attached hydrogens (tertiary/aromatic N) is 2. The first-order valence-corrected chi connectivity index (χ1v) is 9.50. The number of piperazine rings is 1. The van der Waals surface area contributed by atoms with Crippen LogP contribution in [0.3, 0.4) is 0 Å².